The predicted molar refractivity (Wildman–Crippen MR) is 60.4 cm³/mol. The highest BCUT2D eigenvalue weighted by Crippen LogP contribution is 2.26. The van der Waals surface area contributed by atoms with E-state index >= 15 is 0 Å². The Bertz CT molecular complexity index is 114. The van der Waals surface area contributed by atoms with Gasteiger partial charge in [0.1, 0.15) is 0 Å². The summed E-state index contributed by atoms with van der Waals surface area (Å²) < 4.78 is 0. The second kappa shape index (κ2) is 4.42. The first-order valence-corrected chi connectivity index (χ1v) is 6.49. The Labute approximate surface area is 80.2 Å². The summed E-state index contributed by atoms with van der Waals surface area (Å²) in [6.45, 7) is 13.9. The SMILES string of the molecule is CCC(C)(C)N[SiH2]C(C)(C)CC. The third-order valence-electron chi connectivity index (χ3n) is 2.89. The van der Waals surface area contributed by atoms with Crippen LogP contribution in [0.25, 0.3) is 0 Å². The van der Waals surface area contributed by atoms with Gasteiger partial charge in [-0.15, -0.1) is 0 Å². The van der Waals surface area contributed by atoms with E-state index in [1.54, 1.807) is 0 Å². The molecule has 0 aliphatic carbocycles. The van der Waals surface area contributed by atoms with E-state index in [2.05, 4.69) is 46.5 Å². The maximum atomic E-state index is 3.74. The van der Waals surface area contributed by atoms with Crippen LogP contribution in [0.15, 0.2) is 0 Å². The van der Waals surface area contributed by atoms with Gasteiger partial charge in [0.25, 0.3) is 0 Å². The van der Waals surface area contributed by atoms with Crippen molar-refractivity contribution in [1.29, 1.82) is 0 Å². The van der Waals surface area contributed by atoms with E-state index in [1.165, 1.54) is 12.8 Å². The smallest absolute Gasteiger partial charge is 0.0978 e. The Morgan fingerprint density at radius 1 is 1.00 bits per heavy atom. The van der Waals surface area contributed by atoms with Gasteiger partial charge in [-0.2, -0.15) is 0 Å². The summed E-state index contributed by atoms with van der Waals surface area (Å²) in [7, 11) is -0.126. The fourth-order valence-electron chi connectivity index (χ4n) is 0.729. The maximum absolute atomic E-state index is 3.74. The van der Waals surface area contributed by atoms with Crippen LogP contribution in [0, 0.1) is 0 Å². The normalized spacial score (nSPS) is 14.5. The van der Waals surface area contributed by atoms with Gasteiger partial charge in [-0.1, -0.05) is 34.1 Å². The van der Waals surface area contributed by atoms with Gasteiger partial charge in [0.2, 0.25) is 0 Å². The Balaban J connectivity index is 3.82. The first-order chi connectivity index (χ1) is 5.33. The minimum atomic E-state index is -0.126. The predicted octanol–water partition coefficient (Wildman–Crippen LogP) is 2.46. The molecule has 0 aromatic heterocycles. The van der Waals surface area contributed by atoms with Gasteiger partial charge in [0, 0.05) is 5.54 Å². The molecule has 0 aliphatic heterocycles. The summed E-state index contributed by atoms with van der Waals surface area (Å²) in [5, 5.41) is 0.576. The van der Waals surface area contributed by atoms with Crippen molar-refractivity contribution < 1.29 is 0 Å². The van der Waals surface area contributed by atoms with E-state index in [0.717, 1.165) is 0 Å². The van der Waals surface area contributed by atoms with Crippen molar-refractivity contribution in [2.45, 2.75) is 65.0 Å². The number of nitrogens with one attached hydrogen (secondary N) is 1. The first-order valence-electron chi connectivity index (χ1n) is 5.08. The van der Waals surface area contributed by atoms with Crippen molar-refractivity contribution >= 4 is 9.68 Å². The van der Waals surface area contributed by atoms with Gasteiger partial charge < -0.3 is 4.98 Å². The van der Waals surface area contributed by atoms with Crippen LogP contribution >= 0.6 is 0 Å². The molecule has 0 aromatic rings. The highest BCUT2D eigenvalue weighted by molar-refractivity contribution is 6.36. The van der Waals surface area contributed by atoms with Crippen molar-refractivity contribution in [1.82, 2.24) is 4.98 Å². The van der Waals surface area contributed by atoms with E-state index in [9.17, 15) is 0 Å². The minimum absolute atomic E-state index is 0.126. The van der Waals surface area contributed by atoms with Gasteiger partial charge in [0.05, 0.1) is 9.68 Å². The molecular weight excluding hydrogens is 162 g/mol. The zero-order chi connectivity index (χ0) is 9.83. The van der Waals surface area contributed by atoms with E-state index in [0.29, 0.717) is 10.6 Å². The Kier molecular flexibility index (Phi) is 4.49. The molecule has 0 rings (SSSR count). The van der Waals surface area contributed by atoms with Gasteiger partial charge >= 0.3 is 0 Å². The Hall–Kier alpha value is 0.177. The lowest BCUT2D eigenvalue weighted by Crippen LogP contribution is -2.44. The molecule has 1 N–H and O–H groups in total. The fourth-order valence-corrected chi connectivity index (χ4v) is 2.19. The second-order valence-corrected chi connectivity index (χ2v) is 7.73. The van der Waals surface area contributed by atoms with Crippen molar-refractivity contribution in [2.24, 2.45) is 0 Å². The van der Waals surface area contributed by atoms with Crippen molar-refractivity contribution in [3.63, 3.8) is 0 Å². The molecule has 0 atom stereocenters. The van der Waals surface area contributed by atoms with Gasteiger partial charge in [-0.05, 0) is 25.3 Å². The lowest BCUT2D eigenvalue weighted by Gasteiger charge is -2.31. The monoisotopic (exact) mass is 187 g/mol. The van der Waals surface area contributed by atoms with E-state index < -0.39 is 0 Å². The summed E-state index contributed by atoms with van der Waals surface area (Å²) in [4.78, 5) is 3.74. The van der Waals surface area contributed by atoms with Crippen LogP contribution in [0.5, 0.6) is 0 Å². The van der Waals surface area contributed by atoms with Crippen LogP contribution in [0.3, 0.4) is 0 Å². The number of hydrogen-bond acceptors (Lipinski definition) is 1. The summed E-state index contributed by atoms with van der Waals surface area (Å²) in [5.74, 6) is 0. The molecule has 0 bridgehead atoms. The van der Waals surface area contributed by atoms with Crippen molar-refractivity contribution in [3.05, 3.63) is 0 Å². The molecule has 0 amide bonds. The third-order valence-corrected chi connectivity index (χ3v) is 5.48. The highest BCUT2D eigenvalue weighted by Gasteiger charge is 2.20. The molecule has 0 radical (unpaired) electrons. The molecule has 0 spiro atoms. The van der Waals surface area contributed by atoms with E-state index in [4.69, 9.17) is 0 Å². The Morgan fingerprint density at radius 3 is 1.83 bits per heavy atom. The molecule has 0 aliphatic rings. The second-order valence-electron chi connectivity index (χ2n) is 5.11. The van der Waals surface area contributed by atoms with Crippen LogP contribution in [0.1, 0.15) is 54.4 Å². The number of rotatable bonds is 5. The standard InChI is InChI=1S/C10H25NSi/c1-7-9(3,4)11-12-10(5,6)8-2/h11H,7-8,12H2,1-6H3. The van der Waals surface area contributed by atoms with E-state index in [1.807, 2.05) is 0 Å². The van der Waals surface area contributed by atoms with Gasteiger partial charge in [0.15, 0.2) is 0 Å². The molecule has 0 heterocycles. The highest BCUT2D eigenvalue weighted by atomic mass is 28.2. The molecule has 0 unspecified atom stereocenters. The topological polar surface area (TPSA) is 12.0 Å². The third kappa shape index (κ3) is 4.94. The molecule has 74 valence electrons. The average molecular weight is 187 g/mol. The summed E-state index contributed by atoms with van der Waals surface area (Å²) in [6.07, 6.45) is 2.52. The molecule has 0 fully saturated rings. The molecule has 2 heteroatoms. The Morgan fingerprint density at radius 2 is 1.50 bits per heavy atom. The van der Waals surface area contributed by atoms with Crippen LogP contribution in [0.2, 0.25) is 5.04 Å². The molecule has 12 heavy (non-hydrogen) atoms. The van der Waals surface area contributed by atoms with Crippen LogP contribution in [0.4, 0.5) is 0 Å². The summed E-state index contributed by atoms with van der Waals surface area (Å²) in [6, 6.07) is 0. The van der Waals surface area contributed by atoms with Crippen LogP contribution < -0.4 is 4.98 Å². The first kappa shape index (κ1) is 12.2. The van der Waals surface area contributed by atoms with Gasteiger partial charge in [-0.3, -0.25) is 0 Å². The lowest BCUT2D eigenvalue weighted by molar-refractivity contribution is 0.444. The molecule has 1 nitrogen and oxygen atoms in total. The number of hydrogen-bond donors (Lipinski definition) is 1. The lowest BCUT2D eigenvalue weighted by atomic mass is 10.0. The molecule has 0 saturated carbocycles. The van der Waals surface area contributed by atoms with Crippen LogP contribution in [-0.4, -0.2) is 15.2 Å². The molecule has 0 aromatic carbocycles. The minimum Gasteiger partial charge on any atom is -0.337 e. The van der Waals surface area contributed by atoms with Crippen molar-refractivity contribution in [2.75, 3.05) is 0 Å². The molecule has 0 saturated heterocycles. The zero-order valence-electron chi connectivity index (χ0n) is 9.62. The summed E-state index contributed by atoms with van der Waals surface area (Å²) >= 11 is 0. The van der Waals surface area contributed by atoms with Gasteiger partial charge in [-0.25, -0.2) is 0 Å². The fraction of sp³-hybridized carbons (Fsp3) is 1.00. The average Bonchev–Trinajstić information content (AvgIpc) is 2.02. The maximum Gasteiger partial charge on any atom is 0.0978 e. The van der Waals surface area contributed by atoms with Crippen LogP contribution in [-0.2, 0) is 0 Å². The zero-order valence-corrected chi connectivity index (χ0v) is 11.0. The largest absolute Gasteiger partial charge is 0.337 e. The quantitative estimate of drug-likeness (QED) is 0.652. The summed E-state index contributed by atoms with van der Waals surface area (Å²) in [5.41, 5.74) is 0.360. The van der Waals surface area contributed by atoms with E-state index in [-0.39, 0.29) is 9.68 Å². The molecular formula is C10H25NSi. The van der Waals surface area contributed by atoms with Crippen molar-refractivity contribution in [3.8, 4) is 0 Å².